The lowest BCUT2D eigenvalue weighted by molar-refractivity contribution is 0.758. The van der Waals surface area contributed by atoms with Gasteiger partial charge in [-0.15, -0.1) is 0 Å². The summed E-state index contributed by atoms with van der Waals surface area (Å²) in [5.41, 5.74) is 8.64. The van der Waals surface area contributed by atoms with E-state index in [0.29, 0.717) is 6.54 Å². The predicted molar refractivity (Wildman–Crippen MR) is 67.4 cm³/mol. The second-order valence-electron chi connectivity index (χ2n) is 4.01. The third-order valence-electron chi connectivity index (χ3n) is 2.57. The molecule has 0 unspecified atom stereocenters. The Morgan fingerprint density at radius 2 is 2.24 bits per heavy atom. The Morgan fingerprint density at radius 3 is 2.88 bits per heavy atom. The van der Waals surface area contributed by atoms with Gasteiger partial charge in [-0.05, 0) is 24.6 Å². The van der Waals surface area contributed by atoms with Crippen molar-refractivity contribution in [1.29, 1.82) is 0 Å². The van der Waals surface area contributed by atoms with E-state index in [-0.39, 0.29) is 0 Å². The molecule has 17 heavy (non-hydrogen) atoms. The molecule has 0 aromatic carbocycles. The molecular weight excluding hydrogens is 214 g/mol. The molecule has 5 nitrogen and oxygen atoms in total. The van der Waals surface area contributed by atoms with Crippen LogP contribution in [0.5, 0.6) is 0 Å². The number of hydrogen-bond acceptors (Lipinski definition) is 4. The molecule has 0 aliphatic rings. The summed E-state index contributed by atoms with van der Waals surface area (Å²) in [5, 5.41) is 7.61. The van der Waals surface area contributed by atoms with Gasteiger partial charge < -0.3 is 11.1 Å². The molecule has 0 bridgehead atoms. The van der Waals surface area contributed by atoms with Crippen molar-refractivity contribution in [1.82, 2.24) is 14.8 Å². The van der Waals surface area contributed by atoms with Crippen LogP contribution < -0.4 is 11.1 Å². The van der Waals surface area contributed by atoms with Crippen LogP contribution in [0.15, 0.2) is 24.4 Å². The minimum Gasteiger partial charge on any atom is -0.366 e. The maximum absolute atomic E-state index is 5.56. The van der Waals surface area contributed by atoms with Gasteiger partial charge in [-0.2, -0.15) is 5.10 Å². The van der Waals surface area contributed by atoms with Gasteiger partial charge in [0.25, 0.3) is 0 Å². The highest BCUT2D eigenvalue weighted by atomic mass is 15.3. The Bertz CT molecular complexity index is 503. The monoisotopic (exact) mass is 231 g/mol. The van der Waals surface area contributed by atoms with Crippen LogP contribution in [0.1, 0.15) is 17.0 Å². The fourth-order valence-electron chi connectivity index (χ4n) is 1.72. The van der Waals surface area contributed by atoms with Gasteiger partial charge in [0.05, 0.1) is 11.4 Å². The quantitative estimate of drug-likeness (QED) is 0.829. The van der Waals surface area contributed by atoms with Crippen molar-refractivity contribution in [2.45, 2.75) is 20.0 Å². The molecule has 0 radical (unpaired) electrons. The van der Waals surface area contributed by atoms with Crippen LogP contribution in [-0.2, 0) is 20.1 Å². The van der Waals surface area contributed by atoms with Gasteiger partial charge in [-0.3, -0.25) is 9.67 Å². The number of pyridine rings is 1. The third kappa shape index (κ3) is 2.82. The highest BCUT2D eigenvalue weighted by molar-refractivity contribution is 5.37. The minimum atomic E-state index is 0.471. The number of rotatable bonds is 4. The molecule has 2 aromatic heterocycles. The first kappa shape index (κ1) is 11.6. The van der Waals surface area contributed by atoms with Crippen LogP contribution in [0.25, 0.3) is 0 Å². The van der Waals surface area contributed by atoms with Gasteiger partial charge in [-0.25, -0.2) is 0 Å². The van der Waals surface area contributed by atoms with Crippen LogP contribution in [-0.4, -0.2) is 14.8 Å². The zero-order valence-corrected chi connectivity index (χ0v) is 10.1. The molecule has 0 saturated carbocycles. The Hall–Kier alpha value is -1.88. The maximum atomic E-state index is 5.56. The van der Waals surface area contributed by atoms with Crippen LogP contribution in [0, 0.1) is 6.92 Å². The van der Waals surface area contributed by atoms with E-state index in [1.165, 1.54) is 5.56 Å². The molecule has 0 aliphatic heterocycles. The topological polar surface area (TPSA) is 68.8 Å². The molecule has 5 heteroatoms. The number of nitrogens with zero attached hydrogens (tertiary/aromatic N) is 3. The van der Waals surface area contributed by atoms with Crippen molar-refractivity contribution in [3.8, 4) is 0 Å². The Labute approximate surface area is 101 Å². The van der Waals surface area contributed by atoms with E-state index in [1.54, 1.807) is 6.20 Å². The van der Waals surface area contributed by atoms with Crippen molar-refractivity contribution in [2.24, 2.45) is 12.8 Å². The molecule has 0 aliphatic carbocycles. The summed E-state index contributed by atoms with van der Waals surface area (Å²) in [7, 11) is 1.92. The fourth-order valence-corrected chi connectivity index (χ4v) is 1.72. The number of aryl methyl sites for hydroxylation is 2. The summed E-state index contributed by atoms with van der Waals surface area (Å²) in [6.45, 7) is 3.19. The lowest BCUT2D eigenvalue weighted by Crippen LogP contribution is -2.06. The number of aromatic nitrogens is 3. The summed E-state index contributed by atoms with van der Waals surface area (Å²) in [6, 6.07) is 6.01. The first-order chi connectivity index (χ1) is 8.19. The zero-order chi connectivity index (χ0) is 12.3. The van der Waals surface area contributed by atoms with E-state index in [1.807, 2.05) is 36.9 Å². The van der Waals surface area contributed by atoms with Gasteiger partial charge >= 0.3 is 0 Å². The van der Waals surface area contributed by atoms with Gasteiger partial charge in [0.2, 0.25) is 0 Å². The standard InChI is InChI=1S/C12H17N5/c1-9-5-12(17(2)16-9)15-8-10-3-4-14-11(6-10)7-13/h3-6,15H,7-8,13H2,1-2H3. The highest BCUT2D eigenvalue weighted by Crippen LogP contribution is 2.10. The molecule has 0 saturated heterocycles. The molecule has 0 spiro atoms. The maximum Gasteiger partial charge on any atom is 0.124 e. The minimum absolute atomic E-state index is 0.471. The molecule has 0 fully saturated rings. The first-order valence-electron chi connectivity index (χ1n) is 5.57. The summed E-state index contributed by atoms with van der Waals surface area (Å²) < 4.78 is 1.83. The summed E-state index contributed by atoms with van der Waals surface area (Å²) in [4.78, 5) is 4.16. The van der Waals surface area contributed by atoms with Crippen LogP contribution in [0.2, 0.25) is 0 Å². The summed E-state index contributed by atoms with van der Waals surface area (Å²) in [5.74, 6) is 1.01. The zero-order valence-electron chi connectivity index (χ0n) is 10.1. The second kappa shape index (κ2) is 4.97. The van der Waals surface area contributed by atoms with E-state index in [0.717, 1.165) is 23.8 Å². The Balaban J connectivity index is 2.04. The van der Waals surface area contributed by atoms with Crippen LogP contribution in [0.4, 0.5) is 5.82 Å². The second-order valence-corrected chi connectivity index (χ2v) is 4.01. The molecule has 90 valence electrons. The molecule has 0 amide bonds. The van der Waals surface area contributed by atoms with E-state index in [4.69, 9.17) is 5.73 Å². The molecule has 2 rings (SSSR count). The average Bonchev–Trinajstić information content (AvgIpc) is 2.65. The van der Waals surface area contributed by atoms with E-state index < -0.39 is 0 Å². The van der Waals surface area contributed by atoms with Crippen LogP contribution in [0.3, 0.4) is 0 Å². The van der Waals surface area contributed by atoms with Gasteiger partial charge in [-0.1, -0.05) is 0 Å². The summed E-state index contributed by atoms with van der Waals surface area (Å²) in [6.07, 6.45) is 1.79. The van der Waals surface area contributed by atoms with Gasteiger partial charge in [0.1, 0.15) is 5.82 Å². The Morgan fingerprint density at radius 1 is 1.41 bits per heavy atom. The molecule has 0 atom stereocenters. The lowest BCUT2D eigenvalue weighted by Gasteiger charge is -2.07. The SMILES string of the molecule is Cc1cc(NCc2ccnc(CN)c2)n(C)n1. The smallest absolute Gasteiger partial charge is 0.124 e. The van der Waals surface area contributed by atoms with E-state index in [9.17, 15) is 0 Å². The number of nitrogens with two attached hydrogens (primary N) is 1. The number of hydrogen-bond donors (Lipinski definition) is 2. The van der Waals surface area contributed by atoms with Crippen molar-refractivity contribution in [3.63, 3.8) is 0 Å². The lowest BCUT2D eigenvalue weighted by atomic mass is 10.2. The molecule has 3 N–H and O–H groups in total. The average molecular weight is 231 g/mol. The third-order valence-corrected chi connectivity index (χ3v) is 2.57. The van der Waals surface area contributed by atoms with Crippen molar-refractivity contribution in [3.05, 3.63) is 41.3 Å². The van der Waals surface area contributed by atoms with Crippen LogP contribution >= 0.6 is 0 Å². The number of anilines is 1. The fraction of sp³-hybridized carbons (Fsp3) is 0.333. The van der Waals surface area contributed by atoms with E-state index in [2.05, 4.69) is 15.4 Å². The highest BCUT2D eigenvalue weighted by Gasteiger charge is 2.01. The van der Waals surface area contributed by atoms with Crippen molar-refractivity contribution >= 4 is 5.82 Å². The summed E-state index contributed by atoms with van der Waals surface area (Å²) >= 11 is 0. The largest absolute Gasteiger partial charge is 0.366 e. The van der Waals surface area contributed by atoms with Crippen molar-refractivity contribution in [2.75, 3.05) is 5.32 Å². The normalized spacial score (nSPS) is 10.5. The van der Waals surface area contributed by atoms with Gasteiger partial charge in [0.15, 0.2) is 0 Å². The molecule has 2 aromatic rings. The Kier molecular flexibility index (Phi) is 3.39. The molecular formula is C12H17N5. The predicted octanol–water partition coefficient (Wildman–Crippen LogP) is 1.19. The molecule has 2 heterocycles. The number of nitrogens with one attached hydrogen (secondary N) is 1. The first-order valence-corrected chi connectivity index (χ1v) is 5.57. The van der Waals surface area contributed by atoms with E-state index >= 15 is 0 Å². The van der Waals surface area contributed by atoms with Crippen molar-refractivity contribution < 1.29 is 0 Å². The van der Waals surface area contributed by atoms with Gasteiger partial charge in [0, 0.05) is 32.4 Å².